The van der Waals surface area contributed by atoms with Crippen molar-refractivity contribution in [3.8, 4) is 0 Å². The molecule has 1 heterocycles. The lowest BCUT2D eigenvalue weighted by atomic mass is 10.3. The van der Waals surface area contributed by atoms with Gasteiger partial charge in [-0.15, -0.1) is 10.2 Å². The van der Waals surface area contributed by atoms with Gasteiger partial charge in [-0.05, 0) is 26.8 Å². The molecule has 0 radical (unpaired) electrons. The molecule has 12 heavy (non-hydrogen) atoms. The number of nitrogens with one attached hydrogen (secondary N) is 1. The second-order valence-electron chi connectivity index (χ2n) is 3.34. The predicted octanol–water partition coefficient (Wildman–Crippen LogP) is 0.893. The molecule has 1 aliphatic rings. The molecule has 1 aromatic rings. The Hall–Kier alpha value is -0.900. The smallest absolute Gasteiger partial charge is 0.149 e. The highest BCUT2D eigenvalue weighted by Crippen LogP contribution is 2.36. The third-order valence-electron chi connectivity index (χ3n) is 2.36. The minimum absolute atomic E-state index is 0.299. The molecule has 0 aromatic carbocycles. The lowest BCUT2D eigenvalue weighted by Crippen LogP contribution is -2.17. The Balaban J connectivity index is 2.23. The van der Waals surface area contributed by atoms with Gasteiger partial charge in [-0.25, -0.2) is 0 Å². The van der Waals surface area contributed by atoms with Crippen molar-refractivity contribution in [2.24, 2.45) is 0 Å². The van der Waals surface area contributed by atoms with E-state index < -0.39 is 0 Å². The van der Waals surface area contributed by atoms with Crippen molar-refractivity contribution in [2.75, 3.05) is 7.05 Å². The summed E-state index contributed by atoms with van der Waals surface area (Å²) in [5.41, 5.74) is 0. The van der Waals surface area contributed by atoms with Crippen LogP contribution in [0.25, 0.3) is 0 Å². The fraction of sp³-hybridized carbons (Fsp3) is 0.750. The molecule has 1 atom stereocenters. The van der Waals surface area contributed by atoms with E-state index in [9.17, 15) is 0 Å². The zero-order chi connectivity index (χ0) is 8.55. The molecule has 0 spiro atoms. The van der Waals surface area contributed by atoms with Crippen LogP contribution in [0.4, 0.5) is 0 Å². The molecule has 0 aliphatic heterocycles. The third-order valence-corrected chi connectivity index (χ3v) is 2.36. The summed E-state index contributed by atoms with van der Waals surface area (Å²) < 4.78 is 2.18. The van der Waals surface area contributed by atoms with E-state index in [1.807, 2.05) is 13.4 Å². The maximum atomic E-state index is 4.10. The highest BCUT2D eigenvalue weighted by Gasteiger charge is 2.27. The van der Waals surface area contributed by atoms with Crippen LogP contribution >= 0.6 is 0 Å². The van der Waals surface area contributed by atoms with Crippen LogP contribution in [0.1, 0.15) is 37.7 Å². The van der Waals surface area contributed by atoms with Crippen LogP contribution in [0.3, 0.4) is 0 Å². The van der Waals surface area contributed by atoms with Crippen molar-refractivity contribution in [1.29, 1.82) is 0 Å². The Morgan fingerprint density at radius 3 is 3.00 bits per heavy atom. The molecule has 1 N–H and O–H groups in total. The Kier molecular flexibility index (Phi) is 1.84. The van der Waals surface area contributed by atoms with Crippen LogP contribution in [0.15, 0.2) is 6.33 Å². The van der Waals surface area contributed by atoms with Gasteiger partial charge in [0.1, 0.15) is 12.2 Å². The van der Waals surface area contributed by atoms with E-state index in [4.69, 9.17) is 0 Å². The summed E-state index contributed by atoms with van der Waals surface area (Å²) in [5.74, 6) is 1.06. The Labute approximate surface area is 72.0 Å². The van der Waals surface area contributed by atoms with E-state index >= 15 is 0 Å². The fourth-order valence-electron chi connectivity index (χ4n) is 1.32. The molecule has 1 saturated carbocycles. The standard InChI is InChI=1S/C8H14N4/c1-6(9-2)8-11-10-5-12(8)7-3-4-7/h5-7,9H,3-4H2,1-2H3/t6-/m0/s1. The maximum Gasteiger partial charge on any atom is 0.149 e. The molecule has 1 fully saturated rings. The van der Waals surface area contributed by atoms with Gasteiger partial charge in [0.05, 0.1) is 6.04 Å². The monoisotopic (exact) mass is 166 g/mol. The van der Waals surface area contributed by atoms with Gasteiger partial charge in [-0.2, -0.15) is 0 Å². The molecule has 4 nitrogen and oxygen atoms in total. The van der Waals surface area contributed by atoms with Crippen LogP contribution in [-0.2, 0) is 0 Å². The number of aromatic nitrogens is 3. The molecule has 1 aromatic heterocycles. The van der Waals surface area contributed by atoms with Crippen molar-refractivity contribution in [3.63, 3.8) is 0 Å². The van der Waals surface area contributed by atoms with Gasteiger partial charge in [0.2, 0.25) is 0 Å². The number of nitrogens with zero attached hydrogens (tertiary/aromatic N) is 3. The Morgan fingerprint density at radius 1 is 1.67 bits per heavy atom. The van der Waals surface area contributed by atoms with Crippen LogP contribution in [-0.4, -0.2) is 21.8 Å². The molecule has 1 aliphatic carbocycles. The Bertz CT molecular complexity index is 264. The summed E-state index contributed by atoms with van der Waals surface area (Å²) in [6, 6.07) is 0.971. The molecule has 2 rings (SSSR count). The SMILES string of the molecule is CN[C@@H](C)c1nncn1C1CC1. The van der Waals surface area contributed by atoms with Crippen LogP contribution in [0.5, 0.6) is 0 Å². The van der Waals surface area contributed by atoms with Gasteiger partial charge >= 0.3 is 0 Å². The predicted molar refractivity (Wildman–Crippen MR) is 45.8 cm³/mol. The first-order valence-corrected chi connectivity index (χ1v) is 4.39. The molecule has 0 unspecified atom stereocenters. The van der Waals surface area contributed by atoms with Crippen molar-refractivity contribution >= 4 is 0 Å². The van der Waals surface area contributed by atoms with Crippen molar-refractivity contribution in [3.05, 3.63) is 12.2 Å². The molecular weight excluding hydrogens is 152 g/mol. The van der Waals surface area contributed by atoms with E-state index in [1.54, 1.807) is 0 Å². The van der Waals surface area contributed by atoms with E-state index in [2.05, 4.69) is 27.0 Å². The van der Waals surface area contributed by atoms with Crippen molar-refractivity contribution < 1.29 is 0 Å². The molecule has 0 amide bonds. The highest BCUT2D eigenvalue weighted by molar-refractivity contribution is 4.98. The molecule has 66 valence electrons. The molecular formula is C8H14N4. The minimum atomic E-state index is 0.299. The first kappa shape index (κ1) is 7.73. The molecule has 4 heteroatoms. The van der Waals surface area contributed by atoms with Gasteiger partial charge < -0.3 is 9.88 Å². The second-order valence-corrected chi connectivity index (χ2v) is 3.34. The zero-order valence-corrected chi connectivity index (χ0v) is 7.49. The number of hydrogen-bond donors (Lipinski definition) is 1. The van der Waals surface area contributed by atoms with E-state index in [0.717, 1.165) is 5.82 Å². The largest absolute Gasteiger partial charge is 0.313 e. The second kappa shape index (κ2) is 2.86. The quantitative estimate of drug-likeness (QED) is 0.725. The Morgan fingerprint density at radius 2 is 2.42 bits per heavy atom. The topological polar surface area (TPSA) is 42.7 Å². The summed E-state index contributed by atoms with van der Waals surface area (Å²) in [6.45, 7) is 2.10. The summed E-state index contributed by atoms with van der Waals surface area (Å²) in [6.07, 6.45) is 4.39. The van der Waals surface area contributed by atoms with E-state index in [-0.39, 0.29) is 0 Å². The fourth-order valence-corrected chi connectivity index (χ4v) is 1.32. The minimum Gasteiger partial charge on any atom is -0.313 e. The molecule has 0 saturated heterocycles. The van der Waals surface area contributed by atoms with Gasteiger partial charge in [-0.3, -0.25) is 0 Å². The first-order valence-electron chi connectivity index (χ1n) is 4.39. The van der Waals surface area contributed by atoms with E-state index in [1.165, 1.54) is 12.8 Å². The normalized spacial score (nSPS) is 19.5. The van der Waals surface area contributed by atoms with Gasteiger partial charge in [0.25, 0.3) is 0 Å². The number of rotatable bonds is 3. The average molecular weight is 166 g/mol. The highest BCUT2D eigenvalue weighted by atomic mass is 15.3. The van der Waals surface area contributed by atoms with Gasteiger partial charge in [-0.1, -0.05) is 0 Å². The van der Waals surface area contributed by atoms with Crippen LogP contribution < -0.4 is 5.32 Å². The summed E-state index contributed by atoms with van der Waals surface area (Å²) in [7, 11) is 1.94. The van der Waals surface area contributed by atoms with Crippen LogP contribution in [0.2, 0.25) is 0 Å². The summed E-state index contributed by atoms with van der Waals surface area (Å²) in [4.78, 5) is 0. The lowest BCUT2D eigenvalue weighted by Gasteiger charge is -2.10. The summed E-state index contributed by atoms with van der Waals surface area (Å²) >= 11 is 0. The maximum absolute atomic E-state index is 4.10. The number of hydrogen-bond acceptors (Lipinski definition) is 3. The average Bonchev–Trinajstić information content (AvgIpc) is 2.83. The first-order chi connectivity index (χ1) is 5.83. The molecule has 0 bridgehead atoms. The summed E-state index contributed by atoms with van der Waals surface area (Å²) in [5, 5.41) is 11.2. The van der Waals surface area contributed by atoms with Gasteiger partial charge in [0.15, 0.2) is 0 Å². The van der Waals surface area contributed by atoms with Gasteiger partial charge in [0, 0.05) is 6.04 Å². The van der Waals surface area contributed by atoms with Crippen LogP contribution in [0, 0.1) is 0 Å². The van der Waals surface area contributed by atoms with E-state index in [0.29, 0.717) is 12.1 Å². The third kappa shape index (κ3) is 1.22. The zero-order valence-electron chi connectivity index (χ0n) is 7.49. The van der Waals surface area contributed by atoms with Crippen molar-refractivity contribution in [2.45, 2.75) is 31.8 Å². The van der Waals surface area contributed by atoms with Crippen molar-refractivity contribution in [1.82, 2.24) is 20.1 Å². The lowest BCUT2D eigenvalue weighted by molar-refractivity contribution is 0.557.